The predicted octanol–water partition coefficient (Wildman–Crippen LogP) is 1.44. The van der Waals surface area contributed by atoms with Crippen molar-refractivity contribution in [2.24, 2.45) is 4.40 Å². The van der Waals surface area contributed by atoms with Gasteiger partial charge in [0.05, 0.1) is 16.5 Å². The van der Waals surface area contributed by atoms with Crippen LogP contribution in [0.3, 0.4) is 0 Å². The number of sulfonamides is 1. The summed E-state index contributed by atoms with van der Waals surface area (Å²) >= 11 is 1.96. The molecule has 0 spiro atoms. The lowest BCUT2D eigenvalue weighted by Crippen LogP contribution is -2.10. The van der Waals surface area contributed by atoms with Gasteiger partial charge in [-0.1, -0.05) is 0 Å². The zero-order chi connectivity index (χ0) is 13.1. The van der Waals surface area contributed by atoms with Crippen molar-refractivity contribution in [3.05, 3.63) is 27.3 Å². The summed E-state index contributed by atoms with van der Waals surface area (Å²) in [5.41, 5.74) is 0.301. The highest BCUT2D eigenvalue weighted by atomic mass is 127. The van der Waals surface area contributed by atoms with Gasteiger partial charge in [0.2, 0.25) is 0 Å². The van der Waals surface area contributed by atoms with Gasteiger partial charge in [-0.15, -0.1) is 4.40 Å². The summed E-state index contributed by atoms with van der Waals surface area (Å²) in [6.07, 6.45) is 1.21. The molecule has 0 N–H and O–H groups in total. The van der Waals surface area contributed by atoms with Gasteiger partial charge in [0.25, 0.3) is 10.0 Å². The first kappa shape index (κ1) is 13.9. The minimum Gasteiger partial charge on any atom is -0.368 e. The topological polar surface area (TPSA) is 73.5 Å². The van der Waals surface area contributed by atoms with E-state index in [2.05, 4.69) is 4.40 Å². The molecule has 0 fully saturated rings. The third-order valence-electron chi connectivity index (χ3n) is 1.72. The van der Waals surface area contributed by atoms with Gasteiger partial charge in [-0.2, -0.15) is 13.7 Å². The van der Waals surface area contributed by atoms with Crippen LogP contribution in [-0.2, 0) is 10.0 Å². The molecule has 1 rings (SSSR count). The van der Waals surface area contributed by atoms with Gasteiger partial charge >= 0.3 is 0 Å². The fourth-order valence-electron chi connectivity index (χ4n) is 0.993. The second kappa shape index (κ2) is 5.46. The first-order valence-corrected chi connectivity index (χ1v) is 7.04. The zero-order valence-electron chi connectivity index (χ0n) is 9.25. The Morgan fingerprint density at radius 2 is 2.06 bits per heavy atom. The van der Waals surface area contributed by atoms with E-state index in [1.54, 1.807) is 20.2 Å². The molecule has 0 aliphatic heterocycles. The lowest BCUT2D eigenvalue weighted by atomic mass is 10.2. The zero-order valence-corrected chi connectivity index (χ0v) is 12.2. The molecule has 90 valence electrons. The monoisotopic (exact) mass is 363 g/mol. The molecule has 0 amide bonds. The predicted molar refractivity (Wildman–Crippen MR) is 73.2 cm³/mol. The molecule has 0 aromatic heterocycles. The summed E-state index contributed by atoms with van der Waals surface area (Å²) in [5, 5.41) is 8.78. The standard InChI is InChI=1S/C10H10IN3O2S/c1-14(2)7-13-17(15,16)10-4-8(6-12)3-9(11)5-10/h3-5,7H,1-2H3. The van der Waals surface area contributed by atoms with E-state index in [0.717, 1.165) is 0 Å². The lowest BCUT2D eigenvalue weighted by Gasteiger charge is -2.04. The van der Waals surface area contributed by atoms with E-state index >= 15 is 0 Å². The average Bonchev–Trinajstić information content (AvgIpc) is 2.25. The molecular weight excluding hydrogens is 353 g/mol. The van der Waals surface area contributed by atoms with Crippen molar-refractivity contribution in [1.82, 2.24) is 4.90 Å². The van der Waals surface area contributed by atoms with Crippen molar-refractivity contribution in [1.29, 1.82) is 5.26 Å². The van der Waals surface area contributed by atoms with Crippen LogP contribution >= 0.6 is 22.6 Å². The molecule has 7 heteroatoms. The van der Waals surface area contributed by atoms with Gasteiger partial charge < -0.3 is 4.90 Å². The van der Waals surface area contributed by atoms with Gasteiger partial charge in [-0.05, 0) is 40.8 Å². The van der Waals surface area contributed by atoms with Gasteiger partial charge in [0, 0.05) is 17.7 Å². The molecule has 5 nitrogen and oxygen atoms in total. The Bertz CT molecular complexity index is 588. The second-order valence-corrected chi connectivity index (χ2v) is 6.32. The maximum Gasteiger partial charge on any atom is 0.283 e. The van der Waals surface area contributed by atoms with E-state index < -0.39 is 10.0 Å². The Hall–Kier alpha value is -1.14. The third kappa shape index (κ3) is 3.98. The van der Waals surface area contributed by atoms with E-state index in [4.69, 9.17) is 5.26 Å². The number of halogens is 1. The Morgan fingerprint density at radius 3 is 2.59 bits per heavy atom. The lowest BCUT2D eigenvalue weighted by molar-refractivity contribution is 0.594. The first-order valence-electron chi connectivity index (χ1n) is 4.53. The number of nitrogens with zero attached hydrogens (tertiary/aromatic N) is 3. The highest BCUT2D eigenvalue weighted by Gasteiger charge is 2.13. The molecule has 0 saturated carbocycles. The van der Waals surface area contributed by atoms with Crippen LogP contribution in [0.1, 0.15) is 5.56 Å². The summed E-state index contributed by atoms with van der Waals surface area (Å²) in [6.45, 7) is 0. The Balaban J connectivity index is 3.25. The Kier molecular flexibility index (Phi) is 4.47. The fourth-order valence-corrected chi connectivity index (χ4v) is 2.86. The van der Waals surface area contributed by atoms with Crippen molar-refractivity contribution >= 4 is 39.0 Å². The van der Waals surface area contributed by atoms with Gasteiger partial charge in [0.1, 0.15) is 6.34 Å². The van der Waals surface area contributed by atoms with Gasteiger partial charge in [-0.3, -0.25) is 0 Å². The van der Waals surface area contributed by atoms with Crippen molar-refractivity contribution < 1.29 is 8.42 Å². The maximum atomic E-state index is 11.8. The number of hydrogen-bond acceptors (Lipinski definition) is 3. The second-order valence-electron chi connectivity index (χ2n) is 3.45. The van der Waals surface area contributed by atoms with Crippen LogP contribution in [0.5, 0.6) is 0 Å². The molecule has 1 aromatic rings. The minimum atomic E-state index is -3.74. The van der Waals surface area contributed by atoms with Crippen LogP contribution in [0, 0.1) is 14.9 Å². The summed E-state index contributed by atoms with van der Waals surface area (Å²) in [6, 6.07) is 6.31. The molecule has 1 aromatic carbocycles. The van der Waals surface area contributed by atoms with Crippen LogP contribution < -0.4 is 0 Å². The highest BCUT2D eigenvalue weighted by molar-refractivity contribution is 14.1. The molecule has 0 aliphatic rings. The van der Waals surface area contributed by atoms with Gasteiger partial charge in [0.15, 0.2) is 0 Å². The normalized spacial score (nSPS) is 11.4. The SMILES string of the molecule is CN(C)C=NS(=O)(=O)c1cc(I)cc(C#N)c1. The van der Waals surface area contributed by atoms with Crippen LogP contribution in [0.4, 0.5) is 0 Å². The Morgan fingerprint density at radius 1 is 1.41 bits per heavy atom. The Labute approximate surface area is 114 Å². The number of rotatable bonds is 3. The van der Waals surface area contributed by atoms with E-state index in [1.165, 1.54) is 23.4 Å². The highest BCUT2D eigenvalue weighted by Crippen LogP contribution is 2.18. The number of hydrogen-bond donors (Lipinski definition) is 0. The molecule has 0 unspecified atom stereocenters. The van der Waals surface area contributed by atoms with Crippen LogP contribution in [-0.4, -0.2) is 33.8 Å². The van der Waals surface area contributed by atoms with Crippen LogP contribution in [0.2, 0.25) is 0 Å². The third-order valence-corrected chi connectivity index (χ3v) is 3.54. The van der Waals surface area contributed by atoms with Crippen molar-refractivity contribution in [3.63, 3.8) is 0 Å². The van der Waals surface area contributed by atoms with Crippen molar-refractivity contribution in [2.75, 3.05) is 14.1 Å². The van der Waals surface area contributed by atoms with E-state index in [0.29, 0.717) is 9.13 Å². The molecule has 17 heavy (non-hydrogen) atoms. The molecule has 0 radical (unpaired) electrons. The summed E-state index contributed by atoms with van der Waals surface area (Å²) in [4.78, 5) is 1.55. The van der Waals surface area contributed by atoms with Crippen molar-refractivity contribution in [2.45, 2.75) is 4.90 Å². The van der Waals surface area contributed by atoms with Gasteiger partial charge in [-0.25, -0.2) is 0 Å². The minimum absolute atomic E-state index is 0.0269. The van der Waals surface area contributed by atoms with Crippen molar-refractivity contribution in [3.8, 4) is 6.07 Å². The smallest absolute Gasteiger partial charge is 0.283 e. The summed E-state index contributed by atoms with van der Waals surface area (Å²) < 4.78 is 27.8. The maximum absolute atomic E-state index is 11.8. The first-order chi connectivity index (χ1) is 7.85. The van der Waals surface area contributed by atoms with E-state index in [-0.39, 0.29) is 4.90 Å². The fraction of sp³-hybridized carbons (Fsp3) is 0.200. The number of benzene rings is 1. The molecule has 0 bridgehead atoms. The number of nitriles is 1. The largest absolute Gasteiger partial charge is 0.368 e. The summed E-state index contributed by atoms with van der Waals surface area (Å²) in [5.74, 6) is 0. The van der Waals surface area contributed by atoms with E-state index in [1.807, 2.05) is 28.7 Å². The van der Waals surface area contributed by atoms with Crippen LogP contribution in [0.25, 0.3) is 0 Å². The quantitative estimate of drug-likeness (QED) is 0.463. The molecule has 0 heterocycles. The van der Waals surface area contributed by atoms with E-state index in [9.17, 15) is 8.42 Å². The molecule has 0 aliphatic carbocycles. The average molecular weight is 363 g/mol. The molecular formula is C10H10IN3O2S. The molecule has 0 atom stereocenters. The van der Waals surface area contributed by atoms with Crippen LogP contribution in [0.15, 0.2) is 27.5 Å². The summed E-state index contributed by atoms with van der Waals surface area (Å²) in [7, 11) is -0.388. The molecule has 0 saturated heterocycles.